The maximum Gasteiger partial charge on any atom is 0.245 e. The van der Waals surface area contributed by atoms with Gasteiger partial charge in [-0.1, -0.05) is 20.3 Å². The number of rotatable bonds is 8. The molecule has 3 heterocycles. The molecule has 1 aliphatic heterocycles. The van der Waals surface area contributed by atoms with E-state index in [-0.39, 0.29) is 18.4 Å². The Morgan fingerprint density at radius 3 is 2.96 bits per heavy atom. The number of hydrogen-bond acceptors (Lipinski definition) is 5. The second kappa shape index (κ2) is 9.47. The predicted octanol–water partition coefficient (Wildman–Crippen LogP) is 2.82. The Bertz CT molecular complexity index is 885. The highest BCUT2D eigenvalue weighted by Gasteiger charge is 2.28. The van der Waals surface area contributed by atoms with Crippen molar-refractivity contribution in [1.29, 1.82) is 0 Å². The number of amides is 2. The van der Waals surface area contributed by atoms with Gasteiger partial charge in [-0.2, -0.15) is 5.10 Å². The molecule has 152 valence electrons. The van der Waals surface area contributed by atoms with Gasteiger partial charge in [-0.15, -0.1) is 11.3 Å². The van der Waals surface area contributed by atoms with Crippen LogP contribution in [-0.2, 0) is 35.5 Å². The highest BCUT2D eigenvalue weighted by molar-refractivity contribution is 7.71. The van der Waals surface area contributed by atoms with Crippen LogP contribution in [0.5, 0.6) is 0 Å². The Labute approximate surface area is 174 Å². The summed E-state index contributed by atoms with van der Waals surface area (Å²) in [6, 6.07) is 1.58. The minimum Gasteiger partial charge on any atom is -0.343 e. The van der Waals surface area contributed by atoms with Crippen LogP contribution in [0.1, 0.15) is 49.4 Å². The molecule has 7 nitrogen and oxygen atoms in total. The number of carbonyl (C=O) groups excluding carboxylic acids is 2. The molecule has 2 aromatic heterocycles. The van der Waals surface area contributed by atoms with Crippen LogP contribution in [0.2, 0.25) is 0 Å². The fourth-order valence-electron chi connectivity index (χ4n) is 3.51. The van der Waals surface area contributed by atoms with E-state index in [1.807, 2.05) is 11.8 Å². The van der Waals surface area contributed by atoms with E-state index in [1.54, 1.807) is 15.9 Å². The normalized spacial score (nSPS) is 14.6. The summed E-state index contributed by atoms with van der Waals surface area (Å²) >= 11 is 6.99. The first-order valence-corrected chi connectivity index (χ1v) is 11.1. The van der Waals surface area contributed by atoms with Crippen molar-refractivity contribution in [2.24, 2.45) is 0 Å². The van der Waals surface area contributed by atoms with Crippen LogP contribution >= 0.6 is 23.6 Å². The number of carbonyl (C=O) groups is 2. The highest BCUT2D eigenvalue weighted by atomic mass is 32.1. The molecule has 0 radical (unpaired) electrons. The fraction of sp³-hybridized carbons (Fsp3) is 0.579. The van der Waals surface area contributed by atoms with Crippen LogP contribution in [0, 0.1) is 4.77 Å². The van der Waals surface area contributed by atoms with Crippen LogP contribution in [0.4, 0.5) is 0 Å². The lowest BCUT2D eigenvalue weighted by Gasteiger charge is -2.31. The quantitative estimate of drug-likeness (QED) is 0.642. The van der Waals surface area contributed by atoms with Gasteiger partial charge < -0.3 is 10.2 Å². The van der Waals surface area contributed by atoms with Crippen LogP contribution in [0.25, 0.3) is 0 Å². The number of thiophene rings is 1. The topological polar surface area (TPSA) is 83.0 Å². The minimum absolute atomic E-state index is 0.00313. The highest BCUT2D eigenvalue weighted by Crippen LogP contribution is 2.24. The summed E-state index contributed by atoms with van der Waals surface area (Å²) in [5.41, 5.74) is 1.22. The van der Waals surface area contributed by atoms with Crippen molar-refractivity contribution in [3.63, 3.8) is 0 Å². The van der Waals surface area contributed by atoms with E-state index in [9.17, 15) is 9.59 Å². The Hall–Kier alpha value is -2.00. The smallest absolute Gasteiger partial charge is 0.245 e. The Morgan fingerprint density at radius 1 is 1.39 bits per heavy atom. The lowest BCUT2D eigenvalue weighted by Crippen LogP contribution is -2.50. The van der Waals surface area contributed by atoms with E-state index in [4.69, 9.17) is 12.2 Å². The number of hydrogen-bond donors (Lipinski definition) is 2. The van der Waals surface area contributed by atoms with Crippen LogP contribution in [0.15, 0.2) is 11.4 Å². The van der Waals surface area contributed by atoms with Gasteiger partial charge in [0.15, 0.2) is 4.77 Å². The molecule has 1 atom stereocenters. The fourth-order valence-corrected chi connectivity index (χ4v) is 4.62. The zero-order valence-corrected chi connectivity index (χ0v) is 18.0. The molecule has 0 saturated heterocycles. The van der Waals surface area contributed by atoms with Crippen molar-refractivity contribution in [2.45, 2.75) is 65.1 Å². The van der Waals surface area contributed by atoms with Gasteiger partial charge in [0, 0.05) is 24.4 Å². The lowest BCUT2D eigenvalue weighted by molar-refractivity contribution is -0.137. The molecule has 0 aliphatic carbocycles. The van der Waals surface area contributed by atoms with E-state index in [0.717, 1.165) is 31.5 Å². The molecule has 2 aromatic rings. The summed E-state index contributed by atoms with van der Waals surface area (Å²) in [5, 5.41) is 11.9. The number of H-pyrrole nitrogens is 1. The van der Waals surface area contributed by atoms with Gasteiger partial charge in [0.1, 0.15) is 18.4 Å². The molecular formula is C19H27N5O2S2. The number of aryl methyl sites for hydroxylation is 1. The van der Waals surface area contributed by atoms with E-state index >= 15 is 0 Å². The number of fused-ring (bicyclic) bond motifs is 1. The second-order valence-corrected chi connectivity index (χ2v) is 8.46. The van der Waals surface area contributed by atoms with Crippen molar-refractivity contribution in [3.8, 4) is 0 Å². The van der Waals surface area contributed by atoms with E-state index < -0.39 is 6.04 Å². The van der Waals surface area contributed by atoms with Crippen LogP contribution in [0.3, 0.4) is 0 Å². The lowest BCUT2D eigenvalue weighted by atomic mass is 10.1. The first kappa shape index (κ1) is 20.7. The Morgan fingerprint density at radius 2 is 2.21 bits per heavy atom. The monoisotopic (exact) mass is 421 g/mol. The minimum atomic E-state index is -0.506. The summed E-state index contributed by atoms with van der Waals surface area (Å²) < 4.78 is 2.14. The van der Waals surface area contributed by atoms with Crippen molar-refractivity contribution >= 4 is 35.4 Å². The third-order valence-corrected chi connectivity index (χ3v) is 6.28. The molecule has 1 aliphatic rings. The summed E-state index contributed by atoms with van der Waals surface area (Å²) in [7, 11) is 0. The van der Waals surface area contributed by atoms with Gasteiger partial charge in [0.25, 0.3) is 0 Å². The molecule has 2 amide bonds. The van der Waals surface area contributed by atoms with Crippen molar-refractivity contribution in [2.75, 3.05) is 6.54 Å². The van der Waals surface area contributed by atoms with Crippen LogP contribution in [-0.4, -0.2) is 44.1 Å². The average molecular weight is 422 g/mol. The first-order chi connectivity index (χ1) is 13.5. The van der Waals surface area contributed by atoms with Gasteiger partial charge in [0.2, 0.25) is 11.8 Å². The molecular weight excluding hydrogens is 394 g/mol. The van der Waals surface area contributed by atoms with Crippen molar-refractivity contribution < 1.29 is 9.59 Å². The molecule has 0 saturated carbocycles. The third kappa shape index (κ3) is 4.70. The standard InChI is InChI=1S/C19H27N5O2S2/c1-3-5-14(18(26)23-9-7-15-13(11-23)8-10-28-15)20-17(25)12-24-16(6-4-2)21-22-19(24)27/h8,10,14H,3-7,9,11-12H2,1-2H3,(H,20,25)(H,22,27). The molecule has 0 bridgehead atoms. The third-order valence-electron chi connectivity index (χ3n) is 4.94. The van der Waals surface area contributed by atoms with E-state index in [1.165, 1.54) is 10.4 Å². The average Bonchev–Trinajstić information content (AvgIpc) is 3.28. The second-order valence-electron chi connectivity index (χ2n) is 7.07. The molecule has 3 rings (SSSR count). The van der Waals surface area contributed by atoms with E-state index in [0.29, 0.717) is 24.3 Å². The molecule has 1 unspecified atom stereocenters. The number of aromatic amines is 1. The molecule has 2 N–H and O–H groups in total. The summed E-state index contributed by atoms with van der Waals surface area (Å²) in [6.45, 7) is 5.48. The largest absolute Gasteiger partial charge is 0.343 e. The predicted molar refractivity (Wildman–Crippen MR) is 112 cm³/mol. The maximum atomic E-state index is 13.1. The Kier molecular flexibility index (Phi) is 7.01. The molecule has 0 aromatic carbocycles. The van der Waals surface area contributed by atoms with Gasteiger partial charge in [-0.05, 0) is 48.5 Å². The zero-order chi connectivity index (χ0) is 20.1. The van der Waals surface area contributed by atoms with Crippen molar-refractivity contribution in [1.82, 2.24) is 25.0 Å². The Balaban J connectivity index is 1.66. The summed E-state index contributed by atoms with van der Waals surface area (Å²) in [4.78, 5) is 28.9. The van der Waals surface area contributed by atoms with Crippen molar-refractivity contribution in [3.05, 3.63) is 32.5 Å². The summed E-state index contributed by atoms with van der Waals surface area (Å²) in [6.07, 6.45) is 3.99. The number of aromatic nitrogens is 3. The van der Waals surface area contributed by atoms with Gasteiger partial charge in [-0.3, -0.25) is 19.3 Å². The SMILES string of the molecule is CCCc1n[nH]c(=S)n1CC(=O)NC(CCC)C(=O)N1CCc2sccc2C1. The van der Waals surface area contributed by atoms with Gasteiger partial charge in [-0.25, -0.2) is 0 Å². The molecule has 0 fully saturated rings. The summed E-state index contributed by atoms with van der Waals surface area (Å²) in [5.74, 6) is 0.550. The number of nitrogens with zero attached hydrogens (tertiary/aromatic N) is 3. The molecule has 28 heavy (non-hydrogen) atoms. The van der Waals surface area contributed by atoms with E-state index in [2.05, 4.69) is 33.9 Å². The van der Waals surface area contributed by atoms with Crippen LogP contribution < -0.4 is 5.32 Å². The zero-order valence-electron chi connectivity index (χ0n) is 16.4. The van der Waals surface area contributed by atoms with Gasteiger partial charge >= 0.3 is 0 Å². The van der Waals surface area contributed by atoms with Gasteiger partial charge in [0.05, 0.1) is 0 Å². The molecule has 0 spiro atoms. The maximum absolute atomic E-state index is 13.1. The number of nitrogens with one attached hydrogen (secondary N) is 2. The first-order valence-electron chi connectivity index (χ1n) is 9.80. The molecule has 9 heteroatoms.